The van der Waals surface area contributed by atoms with Crippen LogP contribution in [0.2, 0.25) is 0 Å². The Morgan fingerprint density at radius 2 is 1.00 bits per heavy atom. The van der Waals surface area contributed by atoms with Gasteiger partial charge >= 0.3 is 37.7 Å². The molecule has 0 aliphatic heterocycles. The van der Waals surface area contributed by atoms with E-state index in [4.69, 9.17) is 20.2 Å². The van der Waals surface area contributed by atoms with Crippen LogP contribution in [0.25, 0.3) is 0 Å². The van der Waals surface area contributed by atoms with Crippen LogP contribution in [0.1, 0.15) is 0 Å². The Hall–Kier alpha value is 0.0197. The van der Waals surface area contributed by atoms with Crippen LogP contribution >= 0.6 is 0 Å². The quantitative estimate of drug-likeness (QED) is 0.256. The second-order valence-corrected chi connectivity index (χ2v) is 0.149. The van der Waals surface area contributed by atoms with E-state index in [1.165, 1.54) is 0 Å². The molecule has 44 valence electrons. The molecule has 0 aromatic heterocycles. The summed E-state index contributed by atoms with van der Waals surface area (Å²) < 4.78 is 0. The standard InChI is InChI=1S/Ca.2HNO2.H2O/c;2*2-1-3;/h;2*(H,2,3);1H2/q+2;;;/p-2. The van der Waals surface area contributed by atoms with E-state index in [-0.39, 0.29) is 43.2 Å². The summed E-state index contributed by atoms with van der Waals surface area (Å²) in [4.78, 5) is 16.0. The Morgan fingerprint density at radius 1 is 1.00 bits per heavy atom. The first-order valence-electron chi connectivity index (χ1n) is 0.730. The van der Waals surface area contributed by atoms with Crippen molar-refractivity contribution in [2.24, 2.45) is 10.7 Å². The monoisotopic (exact) mass is 150 g/mol. The second-order valence-electron chi connectivity index (χ2n) is 0.149. The molecule has 0 rings (SSSR count). The molecule has 0 amide bonds. The Bertz CT molecular complexity index is 31.4. The number of hydrogen-bond donors (Lipinski definition) is 0. The molecule has 0 aliphatic rings. The first-order chi connectivity index (χ1) is 2.83. The molecule has 0 radical (unpaired) electrons. The van der Waals surface area contributed by atoms with Gasteiger partial charge in [-0.15, -0.1) is 10.7 Å². The average molecular weight is 150 g/mol. The van der Waals surface area contributed by atoms with Crippen LogP contribution < -0.4 is 0 Å². The van der Waals surface area contributed by atoms with Gasteiger partial charge in [-0.3, -0.25) is 0 Å². The molecular weight excluding hydrogens is 148 g/mol. The number of hydrogen-bond acceptors (Lipinski definition) is 6. The van der Waals surface area contributed by atoms with Gasteiger partial charge in [0, 0.05) is 0 Å². The molecule has 0 fully saturated rings. The van der Waals surface area contributed by atoms with Crippen molar-refractivity contribution >= 4 is 37.7 Å². The maximum atomic E-state index is 8.00. The molecule has 0 heterocycles. The molecule has 7 nitrogen and oxygen atoms in total. The van der Waals surface area contributed by atoms with Crippen LogP contribution in [0.5, 0.6) is 0 Å². The van der Waals surface area contributed by atoms with Crippen LogP contribution in [-0.2, 0) is 0 Å². The maximum absolute atomic E-state index is 8.00. The zero-order chi connectivity index (χ0) is 5.41. The summed E-state index contributed by atoms with van der Waals surface area (Å²) in [7, 11) is 0. The van der Waals surface area contributed by atoms with Gasteiger partial charge in [-0.2, -0.15) is 0 Å². The third-order valence-electron chi connectivity index (χ3n) is 0. The van der Waals surface area contributed by atoms with Gasteiger partial charge in [0.15, 0.2) is 0 Å². The summed E-state index contributed by atoms with van der Waals surface area (Å²) in [5.41, 5.74) is 0. The van der Waals surface area contributed by atoms with Gasteiger partial charge in [0.2, 0.25) is 0 Å². The Kier molecular flexibility index (Phi) is 191. The predicted octanol–water partition coefficient (Wildman–Crippen LogP) is -0.704. The molecule has 8 heteroatoms. The fourth-order valence-corrected chi connectivity index (χ4v) is 0. The molecule has 0 aromatic carbocycles. The van der Waals surface area contributed by atoms with E-state index in [1.807, 2.05) is 0 Å². The van der Waals surface area contributed by atoms with Crippen molar-refractivity contribution in [2.45, 2.75) is 0 Å². The summed E-state index contributed by atoms with van der Waals surface area (Å²) >= 11 is 0. The fraction of sp³-hybridized carbons (Fsp3) is 0. The summed E-state index contributed by atoms with van der Waals surface area (Å²) in [6.45, 7) is 0. The maximum Gasteiger partial charge on any atom is 2.00 e. The summed E-state index contributed by atoms with van der Waals surface area (Å²) in [5, 5.41) is 18.0. The van der Waals surface area contributed by atoms with Crippen molar-refractivity contribution in [3.8, 4) is 0 Å². The van der Waals surface area contributed by atoms with Gasteiger partial charge in [0.1, 0.15) is 0 Å². The zero-order valence-corrected chi connectivity index (χ0v) is 5.94. The topological polar surface area (TPSA) is 136 Å². The van der Waals surface area contributed by atoms with E-state index in [1.54, 1.807) is 0 Å². The van der Waals surface area contributed by atoms with Crippen molar-refractivity contribution in [3.05, 3.63) is 20.2 Å². The van der Waals surface area contributed by atoms with Crippen LogP contribution in [0.3, 0.4) is 0 Å². The molecule has 0 aromatic rings. The van der Waals surface area contributed by atoms with Crippen LogP contribution in [0, 0.1) is 20.2 Å². The molecule has 0 atom stereocenters. The SMILES string of the molecule is O.O=N[O-].O=N[O-].[Ca+2]. The average Bonchev–Trinajstić information content (AvgIpc) is 1.39. The first-order valence-corrected chi connectivity index (χ1v) is 0.730. The van der Waals surface area contributed by atoms with Crippen molar-refractivity contribution < 1.29 is 5.48 Å². The molecule has 0 unspecified atom stereocenters. The smallest absolute Gasteiger partial charge is 0.444 e. The van der Waals surface area contributed by atoms with Gasteiger partial charge in [0.05, 0.1) is 0 Å². The van der Waals surface area contributed by atoms with Gasteiger partial charge < -0.3 is 25.7 Å². The van der Waals surface area contributed by atoms with Crippen molar-refractivity contribution in [2.75, 3.05) is 0 Å². The molecule has 0 aliphatic carbocycles. The van der Waals surface area contributed by atoms with Crippen molar-refractivity contribution in [1.82, 2.24) is 0 Å². The Labute approximate surface area is 73.9 Å². The van der Waals surface area contributed by atoms with Crippen molar-refractivity contribution in [1.29, 1.82) is 0 Å². The van der Waals surface area contributed by atoms with Gasteiger partial charge in [-0.05, 0) is 0 Å². The van der Waals surface area contributed by atoms with E-state index in [0.717, 1.165) is 10.7 Å². The predicted molar refractivity (Wildman–Crippen MR) is 27.7 cm³/mol. The summed E-state index contributed by atoms with van der Waals surface area (Å²) in [5.74, 6) is 0. The third kappa shape index (κ3) is 389000. The number of rotatable bonds is 0. The second kappa shape index (κ2) is 62.4. The van der Waals surface area contributed by atoms with Gasteiger partial charge in [-0.1, -0.05) is 0 Å². The van der Waals surface area contributed by atoms with Gasteiger partial charge in [-0.25, -0.2) is 0 Å². The zero-order valence-electron chi connectivity index (χ0n) is 3.73. The Morgan fingerprint density at radius 3 is 1.00 bits per heavy atom. The minimum atomic E-state index is 0. The van der Waals surface area contributed by atoms with E-state index < -0.39 is 0 Å². The van der Waals surface area contributed by atoms with E-state index in [0.29, 0.717) is 0 Å². The molecule has 0 spiro atoms. The largest absolute Gasteiger partial charge is 2.00 e. The fourth-order valence-electron chi connectivity index (χ4n) is 0. The van der Waals surface area contributed by atoms with Crippen LogP contribution in [0.15, 0.2) is 10.7 Å². The van der Waals surface area contributed by atoms with Gasteiger partial charge in [0.25, 0.3) is 0 Å². The molecule has 0 bridgehead atoms. The molecular formula is H2CaN2O5. The Balaban J connectivity index is -0.0000000160. The summed E-state index contributed by atoms with van der Waals surface area (Å²) in [6, 6.07) is 0. The van der Waals surface area contributed by atoms with E-state index in [2.05, 4.69) is 0 Å². The molecule has 0 saturated heterocycles. The first kappa shape index (κ1) is 24.5. The minimum absolute atomic E-state index is 0. The van der Waals surface area contributed by atoms with E-state index >= 15 is 0 Å². The number of nitrogens with zero attached hydrogens (tertiary/aromatic N) is 2. The minimum Gasteiger partial charge on any atom is -0.444 e. The molecule has 8 heavy (non-hydrogen) atoms. The van der Waals surface area contributed by atoms with Crippen LogP contribution in [0.4, 0.5) is 0 Å². The molecule has 0 saturated carbocycles. The summed E-state index contributed by atoms with van der Waals surface area (Å²) in [6.07, 6.45) is 0. The third-order valence-corrected chi connectivity index (χ3v) is 0. The molecule has 2 N–H and O–H groups in total. The van der Waals surface area contributed by atoms with Crippen molar-refractivity contribution in [3.63, 3.8) is 0 Å². The normalized spacial score (nSPS) is 3.00. The van der Waals surface area contributed by atoms with Crippen LogP contribution in [-0.4, -0.2) is 43.2 Å². The van der Waals surface area contributed by atoms with E-state index in [9.17, 15) is 0 Å².